The minimum Gasteiger partial charge on any atom is -0.469 e. The van der Waals surface area contributed by atoms with Crippen molar-refractivity contribution in [2.45, 2.75) is 18.9 Å². The number of amides is 2. The van der Waals surface area contributed by atoms with Crippen LogP contribution in [0.25, 0.3) is 0 Å². The molecule has 7 heteroatoms. The van der Waals surface area contributed by atoms with Crippen molar-refractivity contribution in [3.05, 3.63) is 48.2 Å². The molecule has 1 atom stereocenters. The molecule has 0 radical (unpaired) electrons. The summed E-state index contributed by atoms with van der Waals surface area (Å²) in [5.41, 5.74) is 1.18. The van der Waals surface area contributed by atoms with Gasteiger partial charge in [-0.2, -0.15) is 0 Å². The Labute approximate surface area is 152 Å². The number of nitrogens with zero attached hydrogens (tertiary/aromatic N) is 4. The Morgan fingerprint density at radius 3 is 2.85 bits per heavy atom. The molecule has 0 saturated carbocycles. The highest BCUT2D eigenvalue weighted by Gasteiger charge is 2.49. The van der Waals surface area contributed by atoms with Gasteiger partial charge in [-0.1, -0.05) is 0 Å². The van der Waals surface area contributed by atoms with Crippen LogP contribution in [-0.4, -0.2) is 65.4 Å². The van der Waals surface area contributed by atoms with Crippen LogP contribution in [0, 0.1) is 6.92 Å². The average Bonchev–Trinajstić information content (AvgIpc) is 3.26. The number of piperazine rings is 1. The number of carbonyl (C=O) groups excluding carboxylic acids is 2. The summed E-state index contributed by atoms with van der Waals surface area (Å²) in [7, 11) is 1.97. The molecule has 7 nitrogen and oxygen atoms in total. The third kappa shape index (κ3) is 2.68. The largest absolute Gasteiger partial charge is 0.469 e. The van der Waals surface area contributed by atoms with Crippen LogP contribution in [0.3, 0.4) is 0 Å². The highest BCUT2D eigenvalue weighted by molar-refractivity contribution is 5.97. The SMILES string of the molecule is Cc1occc1C(=O)N1CCC2(C1)CN(c1cccnc1)C(=O)CN2C. The van der Waals surface area contributed by atoms with Crippen molar-refractivity contribution < 1.29 is 14.0 Å². The zero-order valence-electron chi connectivity index (χ0n) is 15.0. The number of hydrogen-bond acceptors (Lipinski definition) is 5. The van der Waals surface area contributed by atoms with E-state index in [0.29, 0.717) is 37.5 Å². The lowest BCUT2D eigenvalue weighted by Crippen LogP contribution is -2.64. The fourth-order valence-corrected chi connectivity index (χ4v) is 3.96. The first-order valence-corrected chi connectivity index (χ1v) is 8.75. The molecular formula is C19H22N4O3. The summed E-state index contributed by atoms with van der Waals surface area (Å²) < 4.78 is 5.27. The summed E-state index contributed by atoms with van der Waals surface area (Å²) in [5.74, 6) is 0.688. The van der Waals surface area contributed by atoms with Gasteiger partial charge in [0.2, 0.25) is 5.91 Å². The number of pyridine rings is 1. The van der Waals surface area contributed by atoms with Crippen molar-refractivity contribution in [1.82, 2.24) is 14.8 Å². The van der Waals surface area contributed by atoms with Crippen LogP contribution in [0.2, 0.25) is 0 Å². The van der Waals surface area contributed by atoms with E-state index in [4.69, 9.17) is 4.42 Å². The van der Waals surface area contributed by atoms with Crippen molar-refractivity contribution in [3.63, 3.8) is 0 Å². The maximum absolute atomic E-state index is 12.8. The Kier molecular flexibility index (Phi) is 4.03. The molecule has 2 aromatic heterocycles. The number of carbonyl (C=O) groups is 2. The topological polar surface area (TPSA) is 69.9 Å². The summed E-state index contributed by atoms with van der Waals surface area (Å²) in [6, 6.07) is 5.45. The Bertz CT molecular complexity index is 834. The number of rotatable bonds is 2. The first-order chi connectivity index (χ1) is 12.5. The van der Waals surface area contributed by atoms with Crippen molar-refractivity contribution in [2.24, 2.45) is 0 Å². The summed E-state index contributed by atoms with van der Waals surface area (Å²) in [5, 5.41) is 0. The molecule has 4 rings (SSSR count). The maximum Gasteiger partial charge on any atom is 0.257 e. The smallest absolute Gasteiger partial charge is 0.257 e. The van der Waals surface area contributed by atoms with Crippen LogP contribution >= 0.6 is 0 Å². The first kappa shape index (κ1) is 16.8. The molecule has 0 aliphatic carbocycles. The quantitative estimate of drug-likeness (QED) is 0.818. The van der Waals surface area contributed by atoms with Crippen molar-refractivity contribution >= 4 is 17.5 Å². The van der Waals surface area contributed by atoms with Gasteiger partial charge in [0.15, 0.2) is 0 Å². The van der Waals surface area contributed by atoms with Gasteiger partial charge in [-0.25, -0.2) is 0 Å². The van der Waals surface area contributed by atoms with Crippen LogP contribution in [0.15, 0.2) is 41.3 Å². The van der Waals surface area contributed by atoms with Gasteiger partial charge in [0.25, 0.3) is 5.91 Å². The van der Waals surface area contributed by atoms with Gasteiger partial charge in [-0.05, 0) is 38.6 Å². The Morgan fingerprint density at radius 1 is 1.31 bits per heavy atom. The number of likely N-dealkylation sites (N-methyl/N-ethyl adjacent to an activating group) is 1. The molecular weight excluding hydrogens is 332 g/mol. The van der Waals surface area contributed by atoms with Crippen LogP contribution in [-0.2, 0) is 4.79 Å². The van der Waals surface area contributed by atoms with Crippen molar-refractivity contribution in [3.8, 4) is 0 Å². The number of aromatic nitrogens is 1. The molecule has 0 aromatic carbocycles. The van der Waals surface area contributed by atoms with Gasteiger partial charge < -0.3 is 14.2 Å². The highest BCUT2D eigenvalue weighted by Crippen LogP contribution is 2.34. The lowest BCUT2D eigenvalue weighted by molar-refractivity contribution is -0.123. The van der Waals surface area contributed by atoms with Gasteiger partial charge in [0.05, 0.1) is 35.8 Å². The lowest BCUT2D eigenvalue weighted by Gasteiger charge is -2.46. The second-order valence-electron chi connectivity index (χ2n) is 7.14. The monoisotopic (exact) mass is 354 g/mol. The molecule has 2 aromatic rings. The Hall–Kier alpha value is -2.67. The molecule has 2 aliphatic heterocycles. The van der Waals surface area contributed by atoms with Crippen LogP contribution in [0.5, 0.6) is 0 Å². The second-order valence-corrected chi connectivity index (χ2v) is 7.14. The first-order valence-electron chi connectivity index (χ1n) is 8.75. The standard InChI is InChI=1S/C19H22N4O3/c1-14-16(5-9-26-14)18(25)22-8-6-19(12-22)13-23(17(24)11-21(19)2)15-4-3-7-20-10-15/h3-5,7,9-10H,6,8,11-13H2,1-2H3. The lowest BCUT2D eigenvalue weighted by atomic mass is 9.92. The van der Waals surface area contributed by atoms with E-state index in [1.165, 1.54) is 0 Å². The number of likely N-dealkylation sites (tertiary alicyclic amines) is 1. The van der Waals surface area contributed by atoms with E-state index < -0.39 is 0 Å². The summed E-state index contributed by atoms with van der Waals surface area (Å²) in [4.78, 5) is 35.3. The molecule has 2 fully saturated rings. The second kappa shape index (κ2) is 6.25. The predicted octanol–water partition coefficient (Wildman–Crippen LogP) is 1.55. The van der Waals surface area contributed by atoms with Gasteiger partial charge in [0.1, 0.15) is 5.76 Å². The van der Waals surface area contributed by atoms with Gasteiger partial charge in [-0.15, -0.1) is 0 Å². The molecule has 0 bridgehead atoms. The zero-order valence-corrected chi connectivity index (χ0v) is 15.0. The number of hydrogen-bond donors (Lipinski definition) is 0. The van der Waals surface area contributed by atoms with Crippen LogP contribution < -0.4 is 4.90 Å². The van der Waals surface area contributed by atoms with Gasteiger partial charge >= 0.3 is 0 Å². The normalized spacial score (nSPS) is 23.8. The van der Waals surface area contributed by atoms with Crippen LogP contribution in [0.1, 0.15) is 22.5 Å². The zero-order chi connectivity index (χ0) is 18.3. The van der Waals surface area contributed by atoms with Gasteiger partial charge in [0, 0.05) is 25.8 Å². The molecule has 1 unspecified atom stereocenters. The summed E-state index contributed by atoms with van der Waals surface area (Å²) in [6.45, 7) is 3.96. The predicted molar refractivity (Wildman–Crippen MR) is 95.9 cm³/mol. The fourth-order valence-electron chi connectivity index (χ4n) is 3.96. The van der Waals surface area contributed by atoms with E-state index in [-0.39, 0.29) is 17.4 Å². The summed E-state index contributed by atoms with van der Waals surface area (Å²) >= 11 is 0. The van der Waals surface area contributed by atoms with E-state index in [1.54, 1.807) is 36.5 Å². The van der Waals surface area contributed by atoms with E-state index >= 15 is 0 Å². The minimum absolute atomic E-state index is 0.00801. The average molecular weight is 354 g/mol. The van der Waals surface area contributed by atoms with E-state index in [9.17, 15) is 9.59 Å². The highest BCUT2D eigenvalue weighted by atomic mass is 16.3. The third-order valence-electron chi connectivity index (χ3n) is 5.60. The fraction of sp³-hybridized carbons (Fsp3) is 0.421. The number of anilines is 1. The Balaban J connectivity index is 1.57. The molecule has 4 heterocycles. The molecule has 2 aliphatic rings. The molecule has 2 amide bonds. The van der Waals surface area contributed by atoms with E-state index in [2.05, 4.69) is 9.88 Å². The molecule has 1 spiro atoms. The number of aryl methyl sites for hydroxylation is 1. The van der Waals surface area contributed by atoms with Crippen LogP contribution in [0.4, 0.5) is 5.69 Å². The Morgan fingerprint density at radius 2 is 2.15 bits per heavy atom. The molecule has 136 valence electrons. The van der Waals surface area contributed by atoms with E-state index in [0.717, 1.165) is 12.1 Å². The molecule has 26 heavy (non-hydrogen) atoms. The molecule has 2 saturated heterocycles. The van der Waals surface area contributed by atoms with Crippen molar-refractivity contribution in [2.75, 3.05) is 38.1 Å². The molecule has 0 N–H and O–H groups in total. The van der Waals surface area contributed by atoms with Crippen molar-refractivity contribution in [1.29, 1.82) is 0 Å². The maximum atomic E-state index is 12.8. The van der Waals surface area contributed by atoms with Gasteiger partial charge in [-0.3, -0.25) is 19.5 Å². The minimum atomic E-state index is -0.239. The number of furan rings is 1. The van der Waals surface area contributed by atoms with E-state index in [1.807, 2.05) is 24.1 Å². The summed E-state index contributed by atoms with van der Waals surface area (Å²) in [6.07, 6.45) is 5.78. The third-order valence-corrected chi connectivity index (χ3v) is 5.60.